The molecule has 0 radical (unpaired) electrons. The molecule has 1 aromatic carbocycles. The predicted molar refractivity (Wildman–Crippen MR) is 86.7 cm³/mol. The van der Waals surface area contributed by atoms with Gasteiger partial charge in [-0.3, -0.25) is 4.90 Å². The van der Waals surface area contributed by atoms with E-state index in [0.717, 1.165) is 18.8 Å². The molecule has 1 unspecified atom stereocenters. The van der Waals surface area contributed by atoms with E-state index in [4.69, 9.17) is 4.74 Å². The lowest BCUT2D eigenvalue weighted by Crippen LogP contribution is -2.43. The third-order valence-corrected chi connectivity index (χ3v) is 3.64. The maximum absolute atomic E-state index is 5.72. The summed E-state index contributed by atoms with van der Waals surface area (Å²) in [5, 5.41) is 3.38. The standard InChI is InChI=1S/C16H24N2O.ClH/c1-3-11-19-16-9-5-4-7-14(16)12-18-10-6-8-15(13-18)17-2;/h3-5,7,9,15,17H,1,6,8,10-13H2,2H3;1H. The number of likely N-dealkylation sites (tertiary alicyclic amines) is 1. The van der Waals surface area contributed by atoms with Gasteiger partial charge in [-0.25, -0.2) is 0 Å². The van der Waals surface area contributed by atoms with Gasteiger partial charge in [0.25, 0.3) is 0 Å². The van der Waals surface area contributed by atoms with Crippen LogP contribution in [0.4, 0.5) is 0 Å². The average molecular weight is 297 g/mol. The topological polar surface area (TPSA) is 24.5 Å². The minimum atomic E-state index is 0. The molecule has 0 bridgehead atoms. The third-order valence-electron chi connectivity index (χ3n) is 3.64. The number of nitrogens with zero attached hydrogens (tertiary/aromatic N) is 1. The molecule has 1 N–H and O–H groups in total. The molecule has 0 amide bonds. The van der Waals surface area contributed by atoms with E-state index >= 15 is 0 Å². The number of nitrogens with one attached hydrogen (secondary N) is 1. The molecular formula is C16H25ClN2O. The predicted octanol–water partition coefficient (Wildman–Crippen LogP) is 2.86. The van der Waals surface area contributed by atoms with E-state index < -0.39 is 0 Å². The summed E-state index contributed by atoms with van der Waals surface area (Å²) < 4.78 is 5.72. The number of rotatable bonds is 6. The molecule has 3 nitrogen and oxygen atoms in total. The Morgan fingerprint density at radius 1 is 1.45 bits per heavy atom. The second kappa shape index (κ2) is 9.01. The first-order chi connectivity index (χ1) is 9.33. The fourth-order valence-electron chi connectivity index (χ4n) is 2.60. The van der Waals surface area contributed by atoms with Crippen LogP contribution in [-0.2, 0) is 6.54 Å². The Hall–Kier alpha value is -1.03. The summed E-state index contributed by atoms with van der Waals surface area (Å²) >= 11 is 0. The van der Waals surface area contributed by atoms with E-state index in [-0.39, 0.29) is 12.4 Å². The van der Waals surface area contributed by atoms with Gasteiger partial charge in [-0.05, 0) is 32.5 Å². The van der Waals surface area contributed by atoms with Gasteiger partial charge in [-0.15, -0.1) is 12.4 Å². The number of likely N-dealkylation sites (N-methyl/N-ethyl adjacent to an activating group) is 1. The van der Waals surface area contributed by atoms with Crippen LogP contribution in [0, 0.1) is 0 Å². The van der Waals surface area contributed by atoms with E-state index in [0.29, 0.717) is 12.6 Å². The largest absolute Gasteiger partial charge is 0.489 e. The van der Waals surface area contributed by atoms with Crippen molar-refractivity contribution in [2.75, 3.05) is 26.7 Å². The van der Waals surface area contributed by atoms with Crippen LogP contribution >= 0.6 is 12.4 Å². The zero-order valence-electron chi connectivity index (χ0n) is 12.2. The molecule has 1 aromatic rings. The van der Waals surface area contributed by atoms with Crippen LogP contribution in [0.15, 0.2) is 36.9 Å². The number of halogens is 1. The normalized spacial score (nSPS) is 19.1. The van der Waals surface area contributed by atoms with Crippen molar-refractivity contribution < 1.29 is 4.74 Å². The summed E-state index contributed by atoms with van der Waals surface area (Å²) in [6.07, 6.45) is 4.33. The number of benzene rings is 1. The summed E-state index contributed by atoms with van der Waals surface area (Å²) in [5.41, 5.74) is 1.26. The van der Waals surface area contributed by atoms with Crippen molar-refractivity contribution in [3.63, 3.8) is 0 Å². The second-order valence-corrected chi connectivity index (χ2v) is 5.07. The summed E-state index contributed by atoms with van der Waals surface area (Å²) in [6.45, 7) is 7.52. The highest BCUT2D eigenvalue weighted by Crippen LogP contribution is 2.21. The van der Waals surface area contributed by atoms with E-state index in [1.807, 2.05) is 12.1 Å². The summed E-state index contributed by atoms with van der Waals surface area (Å²) in [7, 11) is 2.05. The molecule has 20 heavy (non-hydrogen) atoms. The van der Waals surface area contributed by atoms with E-state index in [1.54, 1.807) is 6.08 Å². The number of hydrogen-bond acceptors (Lipinski definition) is 3. The molecule has 1 aliphatic rings. The van der Waals surface area contributed by atoms with Crippen LogP contribution in [0.5, 0.6) is 5.75 Å². The summed E-state index contributed by atoms with van der Waals surface area (Å²) in [6, 6.07) is 8.92. The lowest BCUT2D eigenvalue weighted by Gasteiger charge is -2.32. The lowest BCUT2D eigenvalue weighted by atomic mass is 10.0. The minimum absolute atomic E-state index is 0. The molecule has 1 aliphatic heterocycles. The highest BCUT2D eigenvalue weighted by molar-refractivity contribution is 5.85. The van der Waals surface area contributed by atoms with E-state index in [1.165, 1.54) is 24.9 Å². The Morgan fingerprint density at radius 3 is 3.00 bits per heavy atom. The first-order valence-corrected chi connectivity index (χ1v) is 7.04. The van der Waals surface area contributed by atoms with Gasteiger partial charge in [0.1, 0.15) is 12.4 Å². The molecule has 0 spiro atoms. The van der Waals surface area contributed by atoms with Crippen LogP contribution in [0.3, 0.4) is 0 Å². The molecule has 4 heteroatoms. The van der Waals surface area contributed by atoms with Gasteiger partial charge in [0, 0.05) is 24.7 Å². The van der Waals surface area contributed by atoms with Crippen LogP contribution in [0.25, 0.3) is 0 Å². The van der Waals surface area contributed by atoms with Crippen LogP contribution in [0.1, 0.15) is 18.4 Å². The number of piperidine rings is 1. The van der Waals surface area contributed by atoms with E-state index in [9.17, 15) is 0 Å². The van der Waals surface area contributed by atoms with Crippen molar-refractivity contribution in [2.24, 2.45) is 0 Å². The minimum Gasteiger partial charge on any atom is -0.489 e. The van der Waals surface area contributed by atoms with Crippen molar-refractivity contribution in [3.8, 4) is 5.75 Å². The van der Waals surface area contributed by atoms with Gasteiger partial charge in [-0.1, -0.05) is 30.9 Å². The third kappa shape index (κ3) is 4.82. The summed E-state index contributed by atoms with van der Waals surface area (Å²) in [5.74, 6) is 0.981. The fraction of sp³-hybridized carbons (Fsp3) is 0.500. The quantitative estimate of drug-likeness (QED) is 0.817. The Kier molecular flexibility index (Phi) is 7.67. The highest BCUT2D eigenvalue weighted by Gasteiger charge is 2.19. The highest BCUT2D eigenvalue weighted by atomic mass is 35.5. The first kappa shape index (κ1) is 17.0. The van der Waals surface area contributed by atoms with Crippen molar-refractivity contribution in [1.29, 1.82) is 0 Å². The number of para-hydroxylation sites is 1. The van der Waals surface area contributed by atoms with Gasteiger partial charge in [0.2, 0.25) is 0 Å². The van der Waals surface area contributed by atoms with Crippen LogP contribution in [0.2, 0.25) is 0 Å². The van der Waals surface area contributed by atoms with Gasteiger partial charge < -0.3 is 10.1 Å². The molecule has 1 heterocycles. The van der Waals surface area contributed by atoms with Crippen LogP contribution < -0.4 is 10.1 Å². The molecule has 2 rings (SSSR count). The SMILES string of the molecule is C=CCOc1ccccc1CN1CCCC(NC)C1.Cl. The second-order valence-electron chi connectivity index (χ2n) is 5.07. The molecular weight excluding hydrogens is 272 g/mol. The van der Waals surface area contributed by atoms with Gasteiger partial charge >= 0.3 is 0 Å². The molecule has 0 saturated carbocycles. The summed E-state index contributed by atoms with van der Waals surface area (Å²) in [4.78, 5) is 2.50. The first-order valence-electron chi connectivity index (χ1n) is 7.04. The molecule has 112 valence electrons. The van der Waals surface area contributed by atoms with Crippen LogP contribution in [-0.4, -0.2) is 37.7 Å². The van der Waals surface area contributed by atoms with Crippen molar-refractivity contribution in [3.05, 3.63) is 42.5 Å². The lowest BCUT2D eigenvalue weighted by molar-refractivity contribution is 0.185. The smallest absolute Gasteiger partial charge is 0.124 e. The van der Waals surface area contributed by atoms with Crippen molar-refractivity contribution >= 4 is 12.4 Å². The maximum atomic E-state index is 5.72. The Labute approximate surface area is 128 Å². The number of ether oxygens (including phenoxy) is 1. The maximum Gasteiger partial charge on any atom is 0.124 e. The van der Waals surface area contributed by atoms with Gasteiger partial charge in [0.05, 0.1) is 0 Å². The fourth-order valence-corrected chi connectivity index (χ4v) is 2.60. The van der Waals surface area contributed by atoms with Crippen molar-refractivity contribution in [2.45, 2.75) is 25.4 Å². The molecule has 0 aliphatic carbocycles. The zero-order chi connectivity index (χ0) is 13.5. The Balaban J connectivity index is 0.00000200. The molecule has 1 saturated heterocycles. The Morgan fingerprint density at radius 2 is 2.25 bits per heavy atom. The molecule has 0 aromatic heterocycles. The Bertz CT molecular complexity index is 411. The average Bonchev–Trinajstić information content (AvgIpc) is 2.46. The van der Waals surface area contributed by atoms with Gasteiger partial charge in [-0.2, -0.15) is 0 Å². The molecule has 1 fully saturated rings. The zero-order valence-corrected chi connectivity index (χ0v) is 13.0. The molecule has 1 atom stereocenters. The van der Waals surface area contributed by atoms with E-state index in [2.05, 4.69) is 36.0 Å². The van der Waals surface area contributed by atoms with Gasteiger partial charge in [0.15, 0.2) is 0 Å². The van der Waals surface area contributed by atoms with Crippen molar-refractivity contribution in [1.82, 2.24) is 10.2 Å². The number of hydrogen-bond donors (Lipinski definition) is 1. The monoisotopic (exact) mass is 296 g/mol.